The van der Waals surface area contributed by atoms with Gasteiger partial charge in [-0.3, -0.25) is 4.79 Å². The van der Waals surface area contributed by atoms with Crippen molar-refractivity contribution >= 4 is 39.9 Å². The van der Waals surface area contributed by atoms with E-state index in [-0.39, 0.29) is 22.7 Å². The Hall–Kier alpha value is -3.43. The molecule has 0 radical (unpaired) electrons. The Balaban J connectivity index is 1.69. The van der Waals surface area contributed by atoms with Gasteiger partial charge in [0.05, 0.1) is 36.8 Å². The molecule has 10 heteroatoms. The first-order valence-corrected chi connectivity index (χ1v) is 11.5. The summed E-state index contributed by atoms with van der Waals surface area (Å²) in [7, 11) is 3.53. The minimum atomic E-state index is -0.580. The van der Waals surface area contributed by atoms with Crippen LogP contribution < -0.4 is 20.5 Å². The number of rotatable bonds is 8. The number of hydrogen-bond acceptors (Lipinski definition) is 6. The lowest BCUT2D eigenvalue weighted by Crippen LogP contribution is -2.54. The number of nitrogens with one attached hydrogen (secondary N) is 1. The zero-order chi connectivity index (χ0) is 25.3. The number of nitrogens with two attached hydrogens (primary N) is 1. The molecule has 1 unspecified atom stereocenters. The van der Waals surface area contributed by atoms with Gasteiger partial charge in [-0.25, -0.2) is 14.4 Å². The van der Waals surface area contributed by atoms with E-state index in [2.05, 4.69) is 21.9 Å². The molecule has 8 nitrogen and oxygen atoms in total. The van der Waals surface area contributed by atoms with E-state index in [9.17, 15) is 9.18 Å². The first-order chi connectivity index (χ1) is 16.6. The van der Waals surface area contributed by atoms with E-state index in [0.717, 1.165) is 5.57 Å². The van der Waals surface area contributed by atoms with Crippen molar-refractivity contribution in [3.05, 3.63) is 59.7 Å². The van der Waals surface area contributed by atoms with Crippen LogP contribution in [-0.2, 0) is 4.79 Å². The third-order valence-corrected chi connectivity index (χ3v) is 6.53. The molecule has 3 aromatic rings. The number of halogens is 2. The van der Waals surface area contributed by atoms with E-state index in [4.69, 9.17) is 26.8 Å². The largest absolute Gasteiger partial charge is 0.493 e. The highest BCUT2D eigenvalue weighted by atomic mass is 35.5. The molecule has 0 bridgehead atoms. The van der Waals surface area contributed by atoms with Crippen molar-refractivity contribution in [1.82, 2.24) is 9.97 Å². The number of likely N-dealkylation sites (tertiary alicyclic amines) is 1. The van der Waals surface area contributed by atoms with Crippen molar-refractivity contribution in [1.29, 1.82) is 0 Å². The molecule has 0 spiro atoms. The standard InChI is InChI=1S/C25H27ClFN5O3/c1-14(2)11-32(3)12-15(8-20(32)24(28)33)35-22-9-16-19(10-21(22)34-4)29-13-30-25(16)31-18-7-5-6-17(26)23(18)27/h5-7,9-10,13,15,20H,1,8,11-12H2,2-4H3,(H2-,28,29,30,31,33)/p+1/t15-,20+,32?/m0/s1. The number of methoxy groups -OCH3 is 1. The van der Waals surface area contributed by atoms with Crippen LogP contribution in [0.5, 0.6) is 11.5 Å². The summed E-state index contributed by atoms with van der Waals surface area (Å²) >= 11 is 5.92. The number of quaternary nitrogens is 1. The molecule has 2 aromatic carbocycles. The monoisotopic (exact) mass is 500 g/mol. The molecular formula is C25H28ClFN5O3+. The fourth-order valence-corrected chi connectivity index (χ4v) is 4.97. The van der Waals surface area contributed by atoms with Gasteiger partial charge < -0.3 is 25.0 Å². The molecule has 1 aliphatic rings. The maximum atomic E-state index is 14.5. The molecule has 3 atom stereocenters. The first-order valence-electron chi connectivity index (χ1n) is 11.1. The molecule has 1 fully saturated rings. The van der Waals surface area contributed by atoms with Crippen molar-refractivity contribution in [2.24, 2.45) is 5.73 Å². The van der Waals surface area contributed by atoms with Gasteiger partial charge in [0.15, 0.2) is 29.5 Å². The molecule has 4 rings (SSSR count). The van der Waals surface area contributed by atoms with E-state index in [0.29, 0.717) is 52.2 Å². The van der Waals surface area contributed by atoms with Gasteiger partial charge in [0.1, 0.15) is 25.2 Å². The molecule has 1 saturated heterocycles. The lowest BCUT2D eigenvalue weighted by molar-refractivity contribution is -0.908. The van der Waals surface area contributed by atoms with Crippen molar-refractivity contribution in [3.8, 4) is 11.5 Å². The van der Waals surface area contributed by atoms with Gasteiger partial charge in [0, 0.05) is 11.5 Å². The number of ether oxygens (including phenoxy) is 2. The summed E-state index contributed by atoms with van der Waals surface area (Å²) in [6.45, 7) is 7.13. The van der Waals surface area contributed by atoms with Gasteiger partial charge in [0.2, 0.25) is 0 Å². The Labute approximate surface area is 208 Å². The molecule has 0 aliphatic carbocycles. The van der Waals surface area contributed by atoms with E-state index in [1.165, 1.54) is 19.5 Å². The number of amides is 1. The third kappa shape index (κ3) is 5.01. The highest BCUT2D eigenvalue weighted by molar-refractivity contribution is 6.31. The van der Waals surface area contributed by atoms with Crippen LogP contribution in [0, 0.1) is 5.82 Å². The lowest BCUT2D eigenvalue weighted by Gasteiger charge is -2.34. The van der Waals surface area contributed by atoms with Crippen LogP contribution in [0.4, 0.5) is 15.9 Å². The predicted octanol–water partition coefficient (Wildman–Crippen LogP) is 4.20. The lowest BCUT2D eigenvalue weighted by atomic mass is 10.1. The van der Waals surface area contributed by atoms with E-state index >= 15 is 0 Å². The topological polar surface area (TPSA) is 99.4 Å². The second-order valence-electron chi connectivity index (χ2n) is 9.14. The van der Waals surface area contributed by atoms with E-state index < -0.39 is 11.9 Å². The predicted molar refractivity (Wildman–Crippen MR) is 134 cm³/mol. The van der Waals surface area contributed by atoms with Gasteiger partial charge in [-0.05, 0) is 30.7 Å². The molecular weight excluding hydrogens is 473 g/mol. The second kappa shape index (κ2) is 9.67. The number of primary amides is 1. The summed E-state index contributed by atoms with van der Waals surface area (Å²) in [6, 6.07) is 7.77. The molecule has 35 heavy (non-hydrogen) atoms. The Bertz CT molecular complexity index is 1300. The number of likely N-dealkylation sites (N-methyl/N-ethyl adjacent to an activating group) is 1. The zero-order valence-electron chi connectivity index (χ0n) is 19.8. The maximum absolute atomic E-state index is 14.5. The van der Waals surface area contributed by atoms with Gasteiger partial charge >= 0.3 is 0 Å². The van der Waals surface area contributed by atoms with Crippen molar-refractivity contribution < 1.29 is 23.1 Å². The van der Waals surface area contributed by atoms with Gasteiger partial charge in [-0.1, -0.05) is 24.2 Å². The summed E-state index contributed by atoms with van der Waals surface area (Å²) in [4.78, 5) is 20.8. The minimum Gasteiger partial charge on any atom is -0.493 e. The molecule has 184 valence electrons. The van der Waals surface area contributed by atoms with Gasteiger partial charge in [-0.15, -0.1) is 0 Å². The number of aromatic nitrogens is 2. The normalized spacial score (nSPS) is 21.6. The average molecular weight is 501 g/mol. The fourth-order valence-electron chi connectivity index (χ4n) is 4.79. The number of anilines is 2. The van der Waals surface area contributed by atoms with Crippen LogP contribution in [0.2, 0.25) is 5.02 Å². The fraction of sp³-hybridized carbons (Fsp3) is 0.320. The van der Waals surface area contributed by atoms with E-state index in [1.807, 2.05) is 14.0 Å². The van der Waals surface area contributed by atoms with Crippen LogP contribution in [0.3, 0.4) is 0 Å². The number of carbonyl (C=O) groups is 1. The number of benzene rings is 2. The molecule has 1 amide bonds. The van der Waals surface area contributed by atoms with Crippen molar-refractivity contribution in [2.75, 3.05) is 32.6 Å². The van der Waals surface area contributed by atoms with Crippen LogP contribution in [0.25, 0.3) is 10.9 Å². The van der Waals surface area contributed by atoms with Crippen LogP contribution in [-0.4, -0.2) is 59.8 Å². The Morgan fingerprint density at radius 3 is 2.80 bits per heavy atom. The second-order valence-corrected chi connectivity index (χ2v) is 9.55. The summed E-state index contributed by atoms with van der Waals surface area (Å²) in [5.74, 6) is 0.375. The van der Waals surface area contributed by atoms with Crippen molar-refractivity contribution in [2.45, 2.75) is 25.5 Å². The summed E-state index contributed by atoms with van der Waals surface area (Å²) in [5, 5.41) is 3.59. The zero-order valence-corrected chi connectivity index (χ0v) is 20.6. The SMILES string of the molecule is C=C(C)C[N+]1(C)C[C@@H](Oc2cc3c(Nc4cccc(Cl)c4F)ncnc3cc2OC)C[C@@H]1C(N)=O. The maximum Gasteiger partial charge on any atom is 0.275 e. The van der Waals surface area contributed by atoms with Crippen LogP contribution in [0.15, 0.2) is 48.8 Å². The summed E-state index contributed by atoms with van der Waals surface area (Å²) < 4.78 is 26.8. The molecule has 1 aromatic heterocycles. The van der Waals surface area contributed by atoms with Gasteiger partial charge in [-0.2, -0.15) is 0 Å². The van der Waals surface area contributed by atoms with Gasteiger partial charge in [0.25, 0.3) is 5.91 Å². The average Bonchev–Trinajstić information content (AvgIpc) is 3.11. The smallest absolute Gasteiger partial charge is 0.275 e. The summed E-state index contributed by atoms with van der Waals surface area (Å²) in [6.07, 6.45) is 1.56. The minimum absolute atomic E-state index is 0.000210. The summed E-state index contributed by atoms with van der Waals surface area (Å²) in [5.41, 5.74) is 7.45. The van der Waals surface area contributed by atoms with Crippen LogP contribution in [0.1, 0.15) is 13.3 Å². The highest BCUT2D eigenvalue weighted by Crippen LogP contribution is 2.38. The quantitative estimate of drug-likeness (QED) is 0.355. The molecule has 3 N–H and O–H groups in total. The number of hydrogen-bond donors (Lipinski definition) is 2. The molecule has 1 aliphatic heterocycles. The Morgan fingerprint density at radius 2 is 2.11 bits per heavy atom. The Morgan fingerprint density at radius 1 is 1.34 bits per heavy atom. The third-order valence-electron chi connectivity index (χ3n) is 6.24. The molecule has 0 saturated carbocycles. The Kier molecular flexibility index (Phi) is 6.82. The number of carbonyl (C=O) groups excluding carboxylic acids is 1. The van der Waals surface area contributed by atoms with E-state index in [1.54, 1.807) is 24.3 Å². The first kappa shape index (κ1) is 24.7. The van der Waals surface area contributed by atoms with Crippen molar-refractivity contribution in [3.63, 3.8) is 0 Å². The number of fused-ring (bicyclic) bond motifs is 1. The number of nitrogens with zero attached hydrogens (tertiary/aromatic N) is 3. The highest BCUT2D eigenvalue weighted by Gasteiger charge is 2.48. The van der Waals surface area contributed by atoms with Crippen LogP contribution >= 0.6 is 11.6 Å². The molecule has 2 heterocycles.